The normalized spacial score (nSPS) is 13.8. The van der Waals surface area contributed by atoms with Crippen molar-refractivity contribution in [3.63, 3.8) is 0 Å². The molecular formula is C22H26N6O4. The second-order valence-corrected chi connectivity index (χ2v) is 7.30. The van der Waals surface area contributed by atoms with Gasteiger partial charge in [0, 0.05) is 50.7 Å². The summed E-state index contributed by atoms with van der Waals surface area (Å²) in [5, 5.41) is 2.89. The number of amides is 2. The summed E-state index contributed by atoms with van der Waals surface area (Å²) < 4.78 is 12.1. The smallest absolute Gasteiger partial charge is 0.321 e. The van der Waals surface area contributed by atoms with Crippen LogP contribution in [0.5, 0.6) is 11.5 Å². The fourth-order valence-corrected chi connectivity index (χ4v) is 3.80. The summed E-state index contributed by atoms with van der Waals surface area (Å²) in [5.41, 5.74) is 1.71. The topological polar surface area (TPSA) is 102 Å². The fraction of sp³-hybridized carbons (Fsp3) is 0.364. The van der Waals surface area contributed by atoms with E-state index >= 15 is 0 Å². The number of ether oxygens (including phenoxy) is 2. The van der Waals surface area contributed by atoms with Gasteiger partial charge >= 0.3 is 6.03 Å². The number of hydrogen-bond acceptors (Lipinski definition) is 7. The Morgan fingerprint density at radius 1 is 1.09 bits per heavy atom. The third kappa shape index (κ3) is 4.03. The summed E-state index contributed by atoms with van der Waals surface area (Å²) in [5.74, 6) is 1.53. The predicted octanol–water partition coefficient (Wildman–Crippen LogP) is 2.18. The minimum absolute atomic E-state index is 0.165. The Kier molecular flexibility index (Phi) is 6.11. The Morgan fingerprint density at radius 3 is 2.53 bits per heavy atom. The molecule has 10 nitrogen and oxygen atoms in total. The summed E-state index contributed by atoms with van der Waals surface area (Å²) in [7, 11) is 3.11. The number of fused-ring (bicyclic) bond motifs is 1. The summed E-state index contributed by atoms with van der Waals surface area (Å²) in [6.45, 7) is 4.38. The van der Waals surface area contributed by atoms with Gasteiger partial charge in [-0.15, -0.1) is 0 Å². The fourth-order valence-electron chi connectivity index (χ4n) is 3.80. The number of aromatic nitrogens is 3. The van der Waals surface area contributed by atoms with E-state index in [4.69, 9.17) is 9.47 Å². The van der Waals surface area contributed by atoms with Crippen molar-refractivity contribution in [1.82, 2.24) is 19.4 Å². The van der Waals surface area contributed by atoms with Crippen LogP contribution in [0.4, 0.5) is 16.3 Å². The zero-order valence-electron chi connectivity index (χ0n) is 18.4. The van der Waals surface area contributed by atoms with E-state index in [0.717, 1.165) is 0 Å². The molecule has 0 spiro atoms. The number of nitrogens with zero attached hydrogens (tertiary/aromatic N) is 5. The van der Waals surface area contributed by atoms with Gasteiger partial charge in [0.15, 0.2) is 23.0 Å². The molecule has 168 valence electrons. The van der Waals surface area contributed by atoms with Crippen LogP contribution in [-0.4, -0.2) is 65.9 Å². The predicted molar refractivity (Wildman–Crippen MR) is 122 cm³/mol. The molecule has 0 bridgehead atoms. The highest BCUT2D eigenvalue weighted by atomic mass is 16.5. The van der Waals surface area contributed by atoms with E-state index in [0.29, 0.717) is 66.9 Å². The van der Waals surface area contributed by atoms with Crippen LogP contribution in [0, 0.1) is 0 Å². The number of carbonyl (C=O) groups is 1. The maximum absolute atomic E-state index is 13.0. The molecule has 4 rings (SSSR count). The molecule has 10 heteroatoms. The second-order valence-electron chi connectivity index (χ2n) is 7.30. The number of anilines is 2. The Hall–Kier alpha value is -3.82. The number of rotatable bonds is 5. The first-order chi connectivity index (χ1) is 15.5. The Bertz CT molecular complexity index is 1190. The van der Waals surface area contributed by atoms with Gasteiger partial charge in [0.2, 0.25) is 0 Å². The minimum Gasteiger partial charge on any atom is -0.493 e. The summed E-state index contributed by atoms with van der Waals surface area (Å²) in [6.07, 6.45) is 1.66. The highest BCUT2D eigenvalue weighted by molar-refractivity contribution is 5.90. The van der Waals surface area contributed by atoms with Crippen molar-refractivity contribution in [2.75, 3.05) is 50.6 Å². The Balaban J connectivity index is 1.46. The lowest BCUT2D eigenvalue weighted by Gasteiger charge is -2.35. The highest BCUT2D eigenvalue weighted by Crippen LogP contribution is 2.29. The number of methoxy groups -OCH3 is 2. The molecule has 0 atom stereocenters. The van der Waals surface area contributed by atoms with E-state index in [9.17, 15) is 9.59 Å². The van der Waals surface area contributed by atoms with Crippen molar-refractivity contribution in [1.29, 1.82) is 0 Å². The minimum atomic E-state index is -0.210. The lowest BCUT2D eigenvalue weighted by Crippen LogP contribution is -2.51. The van der Waals surface area contributed by atoms with E-state index in [-0.39, 0.29) is 11.6 Å². The van der Waals surface area contributed by atoms with E-state index in [1.807, 2.05) is 17.9 Å². The van der Waals surface area contributed by atoms with Crippen LogP contribution in [0.1, 0.15) is 6.92 Å². The molecule has 1 aromatic carbocycles. The third-order valence-electron chi connectivity index (χ3n) is 5.50. The van der Waals surface area contributed by atoms with Crippen molar-refractivity contribution < 1.29 is 14.3 Å². The molecule has 0 unspecified atom stereocenters. The zero-order valence-corrected chi connectivity index (χ0v) is 18.4. The van der Waals surface area contributed by atoms with Gasteiger partial charge in [-0.05, 0) is 31.2 Å². The number of hydrogen-bond donors (Lipinski definition) is 1. The van der Waals surface area contributed by atoms with Gasteiger partial charge in [-0.1, -0.05) is 0 Å². The molecule has 32 heavy (non-hydrogen) atoms. The quantitative estimate of drug-likeness (QED) is 0.651. The first-order valence-electron chi connectivity index (χ1n) is 10.4. The third-order valence-corrected chi connectivity index (χ3v) is 5.50. The summed E-state index contributed by atoms with van der Waals surface area (Å²) in [6, 6.07) is 8.66. The van der Waals surface area contributed by atoms with Gasteiger partial charge in [-0.2, -0.15) is 0 Å². The zero-order chi connectivity index (χ0) is 22.7. The molecule has 1 aliphatic rings. The largest absolute Gasteiger partial charge is 0.493 e. The average Bonchev–Trinajstić information content (AvgIpc) is 2.83. The summed E-state index contributed by atoms with van der Waals surface area (Å²) >= 11 is 0. The molecule has 3 aromatic rings. The van der Waals surface area contributed by atoms with Gasteiger partial charge < -0.3 is 24.6 Å². The molecule has 0 aliphatic carbocycles. The van der Waals surface area contributed by atoms with Crippen LogP contribution in [0.25, 0.3) is 11.2 Å². The highest BCUT2D eigenvalue weighted by Gasteiger charge is 2.25. The van der Waals surface area contributed by atoms with Gasteiger partial charge in [0.05, 0.1) is 14.2 Å². The number of urea groups is 1. The molecule has 0 saturated carbocycles. The van der Waals surface area contributed by atoms with Gasteiger partial charge in [-0.3, -0.25) is 9.36 Å². The van der Waals surface area contributed by atoms with Crippen LogP contribution >= 0.6 is 0 Å². The lowest BCUT2D eigenvalue weighted by molar-refractivity contribution is 0.208. The van der Waals surface area contributed by atoms with Crippen molar-refractivity contribution in [3.05, 3.63) is 46.9 Å². The average molecular weight is 438 g/mol. The molecule has 1 saturated heterocycles. The molecule has 1 fully saturated rings. The van der Waals surface area contributed by atoms with Crippen LogP contribution in [0.15, 0.2) is 41.3 Å². The number of benzene rings is 1. The van der Waals surface area contributed by atoms with E-state index < -0.39 is 0 Å². The number of pyridine rings is 1. The Labute approximate surface area is 185 Å². The molecule has 2 amide bonds. The lowest BCUT2D eigenvalue weighted by atomic mass is 10.2. The maximum atomic E-state index is 13.0. The van der Waals surface area contributed by atoms with Crippen LogP contribution in [0.2, 0.25) is 0 Å². The van der Waals surface area contributed by atoms with Crippen molar-refractivity contribution in [3.8, 4) is 11.5 Å². The summed E-state index contributed by atoms with van der Waals surface area (Å²) in [4.78, 5) is 38.2. The Morgan fingerprint density at radius 2 is 1.84 bits per heavy atom. The first kappa shape index (κ1) is 21.4. The number of piperazine rings is 1. The second kappa shape index (κ2) is 9.13. The van der Waals surface area contributed by atoms with Gasteiger partial charge in [0.1, 0.15) is 5.52 Å². The molecular weight excluding hydrogens is 412 g/mol. The van der Waals surface area contributed by atoms with Crippen molar-refractivity contribution >= 4 is 28.7 Å². The van der Waals surface area contributed by atoms with Crippen LogP contribution in [-0.2, 0) is 6.54 Å². The SMILES string of the molecule is CCn1c(=O)c(N2CCN(C(=O)Nc3ccc(OC)c(OC)c3)CC2)nc2cccnc21. The standard InChI is InChI=1S/C22H26N6O4/c1-4-28-19-16(6-5-9-23-19)25-20(21(28)29)26-10-12-27(13-11-26)22(30)24-15-7-8-17(31-2)18(14-15)32-3/h5-9,14H,4,10-13H2,1-3H3,(H,24,30). The number of aryl methyl sites for hydroxylation is 1. The van der Waals surface area contributed by atoms with Gasteiger partial charge in [-0.25, -0.2) is 14.8 Å². The number of nitrogens with one attached hydrogen (secondary N) is 1. The van der Waals surface area contributed by atoms with Crippen LogP contribution in [0.3, 0.4) is 0 Å². The van der Waals surface area contributed by atoms with Crippen molar-refractivity contribution in [2.45, 2.75) is 13.5 Å². The van der Waals surface area contributed by atoms with Crippen LogP contribution < -0.4 is 25.2 Å². The maximum Gasteiger partial charge on any atom is 0.321 e. The molecule has 2 aromatic heterocycles. The van der Waals surface area contributed by atoms with E-state index in [2.05, 4.69) is 15.3 Å². The molecule has 1 N–H and O–H groups in total. The monoisotopic (exact) mass is 438 g/mol. The number of carbonyl (C=O) groups excluding carboxylic acids is 1. The molecule has 0 radical (unpaired) electrons. The van der Waals surface area contributed by atoms with E-state index in [1.165, 1.54) is 0 Å². The first-order valence-corrected chi connectivity index (χ1v) is 10.4. The molecule has 1 aliphatic heterocycles. The van der Waals surface area contributed by atoms with E-state index in [1.54, 1.807) is 54.1 Å². The molecule has 3 heterocycles. The van der Waals surface area contributed by atoms with Crippen molar-refractivity contribution in [2.24, 2.45) is 0 Å². The van der Waals surface area contributed by atoms with Gasteiger partial charge in [0.25, 0.3) is 5.56 Å².